The van der Waals surface area contributed by atoms with E-state index in [2.05, 4.69) is 33.0 Å². The van der Waals surface area contributed by atoms with Crippen LogP contribution in [0.5, 0.6) is 0 Å². The van der Waals surface area contributed by atoms with E-state index in [4.69, 9.17) is 4.74 Å². The minimum absolute atomic E-state index is 0.277. The molecule has 1 atom stereocenters. The molecule has 1 amide bonds. The molecule has 0 spiro atoms. The molecule has 0 aliphatic rings. The number of ether oxygens (including phenoxy) is 1. The first-order valence-electron chi connectivity index (χ1n) is 9.99. The molecule has 4 nitrogen and oxygen atoms in total. The zero-order valence-electron chi connectivity index (χ0n) is 17.5. The van der Waals surface area contributed by atoms with E-state index < -0.39 is 0 Å². The number of carbonyl (C=O) groups is 2. The van der Waals surface area contributed by atoms with Crippen LogP contribution < -0.4 is 5.32 Å². The van der Waals surface area contributed by atoms with Crippen molar-refractivity contribution in [1.29, 1.82) is 0 Å². The van der Waals surface area contributed by atoms with Crippen LogP contribution in [0.25, 0.3) is 0 Å². The van der Waals surface area contributed by atoms with E-state index in [0.29, 0.717) is 6.42 Å². The topological polar surface area (TPSA) is 55.4 Å². The number of nitrogens with one attached hydrogen (secondary N) is 1. The first-order valence-corrected chi connectivity index (χ1v) is 9.99. The second kappa shape index (κ2) is 10.1. The number of para-hydroxylation sites is 1. The minimum Gasteiger partial charge on any atom is -0.455 e. The molecule has 2 rings (SSSR count). The lowest BCUT2D eigenvalue weighted by Gasteiger charge is -2.20. The van der Waals surface area contributed by atoms with E-state index in [9.17, 15) is 9.59 Å². The van der Waals surface area contributed by atoms with Crippen LogP contribution in [0.2, 0.25) is 0 Å². The summed E-state index contributed by atoms with van der Waals surface area (Å²) >= 11 is 0. The second-order valence-electron chi connectivity index (χ2n) is 7.65. The van der Waals surface area contributed by atoms with Gasteiger partial charge >= 0.3 is 5.97 Å². The average molecular weight is 382 g/mol. The van der Waals surface area contributed by atoms with Crippen LogP contribution in [0.1, 0.15) is 75.5 Å². The van der Waals surface area contributed by atoms with Crippen LogP contribution in [-0.4, -0.2) is 18.5 Å². The molecule has 28 heavy (non-hydrogen) atoms. The predicted molar refractivity (Wildman–Crippen MR) is 114 cm³/mol. The van der Waals surface area contributed by atoms with Gasteiger partial charge in [0.25, 0.3) is 5.91 Å². The maximum Gasteiger partial charge on any atom is 0.313 e. The SMILES string of the molecule is CCC(C(=O)OCC(=O)Nc1c(C(C)C)cccc1C(C)C)c1ccccc1. The van der Waals surface area contributed by atoms with Gasteiger partial charge in [0.05, 0.1) is 5.92 Å². The highest BCUT2D eigenvalue weighted by molar-refractivity contribution is 5.95. The third-order valence-electron chi connectivity index (χ3n) is 4.88. The Kier molecular flexibility index (Phi) is 7.80. The molecule has 0 bridgehead atoms. The molecule has 4 heteroatoms. The Morgan fingerprint density at radius 3 is 1.96 bits per heavy atom. The van der Waals surface area contributed by atoms with Crippen LogP contribution in [0, 0.1) is 0 Å². The highest BCUT2D eigenvalue weighted by Crippen LogP contribution is 2.32. The van der Waals surface area contributed by atoms with Crippen LogP contribution in [0.3, 0.4) is 0 Å². The van der Waals surface area contributed by atoms with Gasteiger partial charge in [-0.1, -0.05) is 83.1 Å². The van der Waals surface area contributed by atoms with Crippen molar-refractivity contribution < 1.29 is 14.3 Å². The van der Waals surface area contributed by atoms with Crippen molar-refractivity contribution in [2.75, 3.05) is 11.9 Å². The molecule has 0 aliphatic carbocycles. The van der Waals surface area contributed by atoms with Gasteiger partial charge < -0.3 is 10.1 Å². The maximum absolute atomic E-state index is 12.5. The van der Waals surface area contributed by atoms with E-state index in [1.165, 1.54) is 0 Å². The average Bonchev–Trinajstić information content (AvgIpc) is 2.67. The fourth-order valence-electron chi connectivity index (χ4n) is 3.33. The number of benzene rings is 2. The van der Waals surface area contributed by atoms with Gasteiger partial charge in [-0.3, -0.25) is 9.59 Å². The summed E-state index contributed by atoms with van der Waals surface area (Å²) in [6.07, 6.45) is 0.623. The molecule has 2 aromatic carbocycles. The third kappa shape index (κ3) is 5.44. The smallest absolute Gasteiger partial charge is 0.313 e. The van der Waals surface area contributed by atoms with Crippen molar-refractivity contribution in [3.63, 3.8) is 0 Å². The van der Waals surface area contributed by atoms with Gasteiger partial charge in [-0.05, 0) is 34.9 Å². The Morgan fingerprint density at radius 1 is 0.893 bits per heavy atom. The standard InChI is InChI=1S/C24H31NO3/c1-6-19(18-11-8-7-9-12-18)24(27)28-15-22(26)25-23-20(16(2)3)13-10-14-21(23)17(4)5/h7-14,16-17,19H,6,15H2,1-5H3,(H,25,26). The predicted octanol–water partition coefficient (Wildman–Crippen LogP) is 5.61. The van der Waals surface area contributed by atoms with Gasteiger partial charge in [-0.2, -0.15) is 0 Å². The lowest BCUT2D eigenvalue weighted by molar-refractivity contribution is -0.149. The molecular weight excluding hydrogens is 350 g/mol. The van der Waals surface area contributed by atoms with Crippen molar-refractivity contribution >= 4 is 17.6 Å². The van der Waals surface area contributed by atoms with Gasteiger partial charge in [0.1, 0.15) is 0 Å². The quantitative estimate of drug-likeness (QED) is 0.605. The lowest BCUT2D eigenvalue weighted by Crippen LogP contribution is -2.25. The van der Waals surface area contributed by atoms with E-state index >= 15 is 0 Å². The van der Waals surface area contributed by atoms with Gasteiger partial charge in [-0.15, -0.1) is 0 Å². The van der Waals surface area contributed by atoms with Crippen molar-refractivity contribution in [2.24, 2.45) is 0 Å². The summed E-state index contributed by atoms with van der Waals surface area (Å²) in [5.41, 5.74) is 3.91. The van der Waals surface area contributed by atoms with Gasteiger partial charge in [0.15, 0.2) is 6.61 Å². The summed E-state index contributed by atoms with van der Waals surface area (Å²) in [7, 11) is 0. The maximum atomic E-state index is 12.5. The number of hydrogen-bond donors (Lipinski definition) is 1. The lowest BCUT2D eigenvalue weighted by atomic mass is 9.92. The zero-order chi connectivity index (χ0) is 20.7. The highest BCUT2D eigenvalue weighted by atomic mass is 16.5. The first-order chi connectivity index (χ1) is 13.3. The molecule has 150 valence electrons. The third-order valence-corrected chi connectivity index (χ3v) is 4.88. The summed E-state index contributed by atoms with van der Waals surface area (Å²) in [4.78, 5) is 25.0. The van der Waals surface area contributed by atoms with Gasteiger partial charge in [0.2, 0.25) is 0 Å². The molecule has 0 fully saturated rings. The fraction of sp³-hybridized carbons (Fsp3) is 0.417. The Morgan fingerprint density at radius 2 is 1.46 bits per heavy atom. The number of carbonyl (C=O) groups excluding carboxylic acids is 2. The van der Waals surface area contributed by atoms with Crippen molar-refractivity contribution in [1.82, 2.24) is 0 Å². The summed E-state index contributed by atoms with van der Waals surface area (Å²) in [5.74, 6) is -0.488. The number of hydrogen-bond acceptors (Lipinski definition) is 3. The van der Waals surface area contributed by atoms with E-state index in [0.717, 1.165) is 22.4 Å². The van der Waals surface area contributed by atoms with Crippen molar-refractivity contribution in [2.45, 2.75) is 58.8 Å². The number of esters is 1. The van der Waals surface area contributed by atoms with Gasteiger partial charge in [-0.25, -0.2) is 0 Å². The Bertz CT molecular complexity index is 771. The molecule has 0 saturated carbocycles. The number of amides is 1. The highest BCUT2D eigenvalue weighted by Gasteiger charge is 2.22. The molecule has 0 aliphatic heterocycles. The normalized spacial score (nSPS) is 12.1. The van der Waals surface area contributed by atoms with Crippen LogP contribution in [-0.2, 0) is 14.3 Å². The van der Waals surface area contributed by atoms with E-state index in [1.807, 2.05) is 55.5 Å². The monoisotopic (exact) mass is 381 g/mol. The minimum atomic E-state index is -0.370. The summed E-state index contributed by atoms with van der Waals surface area (Å²) < 4.78 is 5.33. The van der Waals surface area contributed by atoms with Gasteiger partial charge in [0, 0.05) is 5.69 Å². The Balaban J connectivity index is 2.07. The molecule has 0 radical (unpaired) electrons. The van der Waals surface area contributed by atoms with Crippen LogP contribution in [0.15, 0.2) is 48.5 Å². The Hall–Kier alpha value is -2.62. The fourth-order valence-corrected chi connectivity index (χ4v) is 3.33. The van der Waals surface area contributed by atoms with E-state index in [-0.39, 0.29) is 36.2 Å². The summed E-state index contributed by atoms with van der Waals surface area (Å²) in [6, 6.07) is 15.6. The second-order valence-corrected chi connectivity index (χ2v) is 7.65. The number of rotatable bonds is 8. The van der Waals surface area contributed by atoms with Crippen molar-refractivity contribution in [3.8, 4) is 0 Å². The van der Waals surface area contributed by atoms with Crippen LogP contribution in [0.4, 0.5) is 5.69 Å². The molecule has 0 aromatic heterocycles. The molecule has 1 N–H and O–H groups in total. The molecule has 0 heterocycles. The summed E-state index contributed by atoms with van der Waals surface area (Å²) in [5, 5.41) is 2.98. The molecule has 2 aromatic rings. The van der Waals surface area contributed by atoms with Crippen LogP contribution >= 0.6 is 0 Å². The largest absolute Gasteiger partial charge is 0.455 e. The first kappa shape index (κ1) is 21.7. The van der Waals surface area contributed by atoms with E-state index in [1.54, 1.807) is 0 Å². The molecule has 1 unspecified atom stereocenters. The zero-order valence-corrected chi connectivity index (χ0v) is 17.5. The summed E-state index contributed by atoms with van der Waals surface area (Å²) in [6.45, 7) is 10.0. The molecule has 0 saturated heterocycles. The Labute approximate surface area is 168 Å². The molecular formula is C24H31NO3. The van der Waals surface area contributed by atoms with Crippen molar-refractivity contribution in [3.05, 3.63) is 65.2 Å². The number of anilines is 1.